The monoisotopic (exact) mass is 851 g/mol. The molecule has 338 valence electrons. The number of aliphatic hydroxyl groups is 1. The van der Waals surface area contributed by atoms with Crippen molar-refractivity contribution in [1.29, 1.82) is 0 Å². The number of aliphatic hydroxyl groups excluding tert-OH is 1. The molecule has 1 amide bonds. The lowest BCUT2D eigenvalue weighted by Crippen LogP contribution is -2.45. The Bertz CT molecular complexity index is 1430. The molecule has 3 atom stereocenters. The maximum absolute atomic E-state index is 12.8. The molecule has 0 bridgehead atoms. The number of nitrogens with one attached hydrogen (secondary N) is 1. The summed E-state index contributed by atoms with van der Waals surface area (Å²) in [6.45, 7) is 4.36. The molecule has 0 radical (unpaired) electrons. The van der Waals surface area contributed by atoms with Crippen molar-refractivity contribution in [2.75, 3.05) is 40.9 Å². The second-order valence-electron chi connectivity index (χ2n) is 15.7. The van der Waals surface area contributed by atoms with Crippen molar-refractivity contribution in [3.8, 4) is 0 Å². The first-order valence-electron chi connectivity index (χ1n) is 22.5. The van der Waals surface area contributed by atoms with E-state index in [4.69, 9.17) is 9.05 Å². The second kappa shape index (κ2) is 41.0. The number of rotatable bonds is 38. The van der Waals surface area contributed by atoms with E-state index in [-0.39, 0.29) is 18.9 Å². The third kappa shape index (κ3) is 42.8. The van der Waals surface area contributed by atoms with Gasteiger partial charge in [-0.05, 0) is 96.3 Å². The average Bonchev–Trinajstić information content (AvgIpc) is 3.20. The van der Waals surface area contributed by atoms with E-state index in [1.165, 1.54) is 19.3 Å². The van der Waals surface area contributed by atoms with Gasteiger partial charge in [0.2, 0.25) is 5.91 Å². The van der Waals surface area contributed by atoms with Crippen LogP contribution in [0.5, 0.6) is 0 Å². The second-order valence-corrected chi connectivity index (χ2v) is 17.1. The maximum atomic E-state index is 12.8. The van der Waals surface area contributed by atoms with Crippen molar-refractivity contribution < 1.29 is 32.9 Å². The van der Waals surface area contributed by atoms with Crippen LogP contribution in [0.25, 0.3) is 0 Å². The molecule has 0 saturated carbocycles. The number of likely N-dealkylation sites (N-methyl/N-ethyl adjacent to an activating group) is 1. The number of unbranched alkanes of at least 4 members (excludes halogenated alkanes) is 5. The van der Waals surface area contributed by atoms with Gasteiger partial charge in [-0.15, -0.1) is 0 Å². The van der Waals surface area contributed by atoms with Crippen LogP contribution in [0.1, 0.15) is 129 Å². The van der Waals surface area contributed by atoms with E-state index in [9.17, 15) is 19.4 Å². The topological polar surface area (TPSA) is 108 Å². The van der Waals surface area contributed by atoms with Gasteiger partial charge in [0.25, 0.3) is 7.82 Å². The predicted molar refractivity (Wildman–Crippen MR) is 255 cm³/mol. The number of phosphoric ester groups is 1. The van der Waals surface area contributed by atoms with Gasteiger partial charge >= 0.3 is 0 Å². The van der Waals surface area contributed by atoms with Crippen LogP contribution in [0.2, 0.25) is 0 Å². The Morgan fingerprint density at radius 2 is 1.02 bits per heavy atom. The Kier molecular flexibility index (Phi) is 38.7. The molecule has 0 rings (SSSR count). The van der Waals surface area contributed by atoms with Gasteiger partial charge in [0.15, 0.2) is 0 Å². The highest BCUT2D eigenvalue weighted by Gasteiger charge is 2.23. The van der Waals surface area contributed by atoms with E-state index in [1.807, 2.05) is 27.2 Å². The molecule has 60 heavy (non-hydrogen) atoms. The minimum Gasteiger partial charge on any atom is -0.756 e. The fraction of sp³-hybridized carbons (Fsp3) is 0.549. The summed E-state index contributed by atoms with van der Waals surface area (Å²) in [5.74, 6) is -0.276. The molecule has 2 N–H and O–H groups in total. The molecule has 0 aliphatic carbocycles. The molecular weight excluding hydrogens is 768 g/mol. The van der Waals surface area contributed by atoms with Crippen LogP contribution < -0.4 is 10.2 Å². The molecule has 0 spiro atoms. The van der Waals surface area contributed by atoms with E-state index >= 15 is 0 Å². The lowest BCUT2D eigenvalue weighted by atomic mass is 10.1. The van der Waals surface area contributed by atoms with Crippen LogP contribution >= 0.6 is 7.82 Å². The van der Waals surface area contributed by atoms with Crippen LogP contribution in [-0.2, 0) is 18.4 Å². The van der Waals surface area contributed by atoms with E-state index < -0.39 is 26.6 Å². The molecule has 8 nitrogen and oxygen atoms in total. The molecule has 0 aromatic carbocycles. The van der Waals surface area contributed by atoms with Gasteiger partial charge < -0.3 is 28.8 Å². The van der Waals surface area contributed by atoms with Gasteiger partial charge in [-0.2, -0.15) is 0 Å². The number of nitrogens with zero attached hydrogens (tertiary/aromatic N) is 1. The number of allylic oxidation sites excluding steroid dienone is 21. The zero-order valence-electron chi connectivity index (χ0n) is 38.1. The molecule has 0 aromatic rings. The average molecular weight is 851 g/mol. The quantitative estimate of drug-likeness (QED) is 0.0277. The summed E-state index contributed by atoms with van der Waals surface area (Å²) in [7, 11) is 1.18. The Morgan fingerprint density at radius 1 is 0.600 bits per heavy atom. The lowest BCUT2D eigenvalue weighted by Gasteiger charge is -2.29. The van der Waals surface area contributed by atoms with Crippen LogP contribution in [-0.4, -0.2) is 68.5 Å². The summed E-state index contributed by atoms with van der Waals surface area (Å²) in [6, 6.07) is -0.942. The van der Waals surface area contributed by atoms with Crippen molar-refractivity contribution in [2.45, 2.75) is 142 Å². The summed E-state index contributed by atoms with van der Waals surface area (Å²) in [5, 5.41) is 13.6. The first kappa shape index (κ1) is 56.6. The highest BCUT2D eigenvalue weighted by molar-refractivity contribution is 7.45. The molecule has 3 unspecified atom stereocenters. The molecule has 0 heterocycles. The molecule has 0 saturated heterocycles. The van der Waals surface area contributed by atoms with Crippen molar-refractivity contribution in [1.82, 2.24) is 5.32 Å². The van der Waals surface area contributed by atoms with Gasteiger partial charge in [-0.3, -0.25) is 9.36 Å². The van der Waals surface area contributed by atoms with Gasteiger partial charge in [-0.25, -0.2) is 0 Å². The minimum absolute atomic E-state index is 0.0260. The Morgan fingerprint density at radius 3 is 1.48 bits per heavy atom. The normalized spacial score (nSPS) is 15.5. The van der Waals surface area contributed by atoms with Crippen LogP contribution in [0.3, 0.4) is 0 Å². The van der Waals surface area contributed by atoms with E-state index in [1.54, 1.807) is 6.08 Å². The summed E-state index contributed by atoms with van der Waals surface area (Å²) >= 11 is 0. The minimum atomic E-state index is -4.62. The fourth-order valence-electron chi connectivity index (χ4n) is 5.28. The molecule has 9 heteroatoms. The smallest absolute Gasteiger partial charge is 0.268 e. The summed E-state index contributed by atoms with van der Waals surface area (Å²) in [6.07, 6.45) is 62.5. The van der Waals surface area contributed by atoms with Gasteiger partial charge in [0.05, 0.1) is 39.9 Å². The van der Waals surface area contributed by atoms with Crippen molar-refractivity contribution >= 4 is 13.7 Å². The summed E-state index contributed by atoms with van der Waals surface area (Å²) < 4.78 is 23.0. The molecule has 0 fully saturated rings. The lowest BCUT2D eigenvalue weighted by molar-refractivity contribution is -0.870. The van der Waals surface area contributed by atoms with Crippen LogP contribution in [0.4, 0.5) is 0 Å². The number of phosphoric acid groups is 1. The fourth-order valence-corrected chi connectivity index (χ4v) is 6.01. The SMILES string of the molecule is CC/C=C\C/C=C\C/C=C\C/C=C\C/C=C\C/C=C\C/C=C\C/C=C\C/C=C\CCCC(=O)NC(COP(=O)([O-])OCC[N+](C)(C)C)C(O)/C=C/CC/C=C/CCCCC. The third-order valence-electron chi connectivity index (χ3n) is 8.84. The zero-order valence-corrected chi connectivity index (χ0v) is 39.0. The number of hydrogen-bond donors (Lipinski definition) is 2. The first-order valence-corrected chi connectivity index (χ1v) is 24.0. The summed E-state index contributed by atoms with van der Waals surface area (Å²) in [5.41, 5.74) is 0. The largest absolute Gasteiger partial charge is 0.756 e. The molecular formula is C51H83N2O6P. The Balaban J connectivity index is 4.41. The number of carbonyl (C=O) groups excluding carboxylic acids is 1. The molecule has 0 aromatic heterocycles. The Hall–Kier alpha value is -3.36. The maximum Gasteiger partial charge on any atom is 0.268 e. The number of quaternary nitrogens is 1. The number of amides is 1. The summed E-state index contributed by atoms with van der Waals surface area (Å²) in [4.78, 5) is 25.2. The van der Waals surface area contributed by atoms with E-state index in [0.29, 0.717) is 17.4 Å². The highest BCUT2D eigenvalue weighted by Crippen LogP contribution is 2.38. The van der Waals surface area contributed by atoms with Gasteiger partial charge in [-0.1, -0.05) is 160 Å². The van der Waals surface area contributed by atoms with Crippen LogP contribution in [0, 0.1) is 0 Å². The molecule has 0 aliphatic rings. The van der Waals surface area contributed by atoms with E-state index in [2.05, 4.69) is 141 Å². The first-order chi connectivity index (χ1) is 29.0. The molecule has 0 aliphatic heterocycles. The van der Waals surface area contributed by atoms with Crippen molar-refractivity contribution in [3.63, 3.8) is 0 Å². The van der Waals surface area contributed by atoms with Crippen molar-refractivity contribution in [2.24, 2.45) is 0 Å². The third-order valence-corrected chi connectivity index (χ3v) is 9.81. The standard InChI is InChI=1S/C51H83N2O6P/c1-6-8-10-12-14-16-17-18-19-20-21-22-23-24-25-26-27-28-29-30-31-32-33-34-35-37-39-41-43-45-51(55)52-49(48-59-60(56,57)58-47-46-53(3,4)5)50(54)44-42-40-38-36-15-13-11-9-7-2/h8,10,14-16,18-19,21-22,24-25,27-28,30-31,33-34,36-37,39,42,44,49-50,54H,6-7,9,11-13,17,20,23,26,29,32,35,38,40-41,43,45-48H2,1-5H3,(H-,52,55,56,57)/b10-8-,16-14-,19-18-,22-21-,25-24-,28-27-,31-30-,34-33-,36-15+,39-37-,44-42+. The van der Waals surface area contributed by atoms with Crippen LogP contribution in [0.15, 0.2) is 134 Å². The van der Waals surface area contributed by atoms with Gasteiger partial charge in [0, 0.05) is 6.42 Å². The van der Waals surface area contributed by atoms with E-state index in [0.717, 1.165) is 83.5 Å². The number of hydrogen-bond acceptors (Lipinski definition) is 6. The van der Waals surface area contributed by atoms with Crippen molar-refractivity contribution in [3.05, 3.63) is 134 Å². The zero-order chi connectivity index (χ0) is 44.3. The predicted octanol–water partition coefficient (Wildman–Crippen LogP) is 12.2. The highest BCUT2D eigenvalue weighted by atomic mass is 31.2. The van der Waals surface area contributed by atoms with Gasteiger partial charge in [0.1, 0.15) is 13.2 Å². The Labute approximate surface area is 366 Å². The number of carbonyl (C=O) groups is 1.